The van der Waals surface area contributed by atoms with E-state index < -0.39 is 36.6 Å². The molecule has 5 N–H and O–H groups in total. The molecule has 0 aliphatic rings. The molecular weight excluding hydrogens is 334 g/mol. The molecular formula is C15H25F4NO4. The molecule has 0 fully saturated rings. The van der Waals surface area contributed by atoms with Gasteiger partial charge in [0, 0.05) is 6.42 Å². The maximum Gasteiger partial charge on any atom is 0.332 e. The molecule has 24 heavy (non-hydrogen) atoms. The molecule has 0 spiro atoms. The van der Waals surface area contributed by atoms with Crippen LogP contribution in [-0.2, 0) is 4.79 Å². The second-order valence-corrected chi connectivity index (χ2v) is 5.64. The number of allylic oxidation sites excluding steroid dienone is 1. The highest BCUT2D eigenvalue weighted by Gasteiger charge is 2.52. The van der Waals surface area contributed by atoms with Gasteiger partial charge in [-0.15, -0.1) is 0 Å². The monoisotopic (exact) mass is 359 g/mol. The summed E-state index contributed by atoms with van der Waals surface area (Å²) in [5, 5.41) is 27.9. The fourth-order valence-electron chi connectivity index (χ4n) is 2.06. The normalized spacial score (nSPS) is 17.4. The van der Waals surface area contributed by atoms with Crippen molar-refractivity contribution in [2.75, 3.05) is 0 Å². The maximum atomic E-state index is 12.7. The van der Waals surface area contributed by atoms with Crippen LogP contribution in [0.5, 0.6) is 0 Å². The third kappa shape index (κ3) is 7.59. The van der Waals surface area contributed by atoms with Crippen molar-refractivity contribution in [3.05, 3.63) is 12.2 Å². The standard InChI is InChI=1S/C15H25F4NO4/c16-11(17)9-7-5-3-1-2-4-6-8-10(21)12(22)15(20,13(18)19)14(23)24/h4,6,10-13,21-22H,1-3,5,7-9,20H2,(H,23,24). The number of alkyl halides is 4. The quantitative estimate of drug-likeness (QED) is 0.230. The fourth-order valence-corrected chi connectivity index (χ4v) is 2.06. The molecule has 0 rings (SSSR count). The number of hydrogen-bond donors (Lipinski definition) is 4. The summed E-state index contributed by atoms with van der Waals surface area (Å²) < 4.78 is 49.3. The highest BCUT2D eigenvalue weighted by atomic mass is 19.3. The first-order valence-corrected chi connectivity index (χ1v) is 7.73. The van der Waals surface area contributed by atoms with Crippen LogP contribution in [0.2, 0.25) is 0 Å². The van der Waals surface area contributed by atoms with Crippen molar-refractivity contribution in [2.45, 2.75) is 75.5 Å². The highest BCUT2D eigenvalue weighted by Crippen LogP contribution is 2.22. The molecule has 0 bridgehead atoms. The summed E-state index contributed by atoms with van der Waals surface area (Å²) in [5.41, 5.74) is 1.77. The number of unbranched alkanes of at least 4 members (excludes halogenated alkanes) is 4. The molecule has 0 aliphatic carbocycles. The minimum absolute atomic E-state index is 0.117. The van der Waals surface area contributed by atoms with Crippen LogP contribution >= 0.6 is 0 Å². The first-order chi connectivity index (χ1) is 11.1. The third-order valence-corrected chi connectivity index (χ3v) is 3.67. The number of rotatable bonds is 13. The second-order valence-electron chi connectivity index (χ2n) is 5.64. The number of aliphatic hydroxyl groups is 2. The van der Waals surface area contributed by atoms with E-state index in [0.717, 1.165) is 12.8 Å². The van der Waals surface area contributed by atoms with E-state index in [4.69, 9.17) is 10.8 Å². The molecule has 0 saturated heterocycles. The molecule has 0 aliphatic heterocycles. The number of carboxylic acids is 1. The zero-order valence-corrected chi connectivity index (χ0v) is 13.3. The lowest BCUT2D eigenvalue weighted by molar-refractivity contribution is -0.163. The van der Waals surface area contributed by atoms with E-state index in [0.29, 0.717) is 19.3 Å². The van der Waals surface area contributed by atoms with Crippen molar-refractivity contribution in [2.24, 2.45) is 5.73 Å². The van der Waals surface area contributed by atoms with E-state index in [1.807, 2.05) is 0 Å². The average Bonchev–Trinajstić information content (AvgIpc) is 2.50. The van der Waals surface area contributed by atoms with E-state index in [2.05, 4.69) is 0 Å². The second kappa shape index (κ2) is 11.4. The summed E-state index contributed by atoms with van der Waals surface area (Å²) in [5.74, 6) is -2.10. The molecule has 142 valence electrons. The number of nitrogens with two attached hydrogens (primary N) is 1. The average molecular weight is 359 g/mol. The Morgan fingerprint density at radius 3 is 2.12 bits per heavy atom. The zero-order valence-electron chi connectivity index (χ0n) is 13.3. The van der Waals surface area contributed by atoms with Crippen molar-refractivity contribution in [1.29, 1.82) is 0 Å². The first-order valence-electron chi connectivity index (χ1n) is 7.73. The number of aliphatic carboxylic acids is 1. The van der Waals surface area contributed by atoms with E-state index >= 15 is 0 Å². The Morgan fingerprint density at radius 1 is 1.04 bits per heavy atom. The maximum absolute atomic E-state index is 12.7. The third-order valence-electron chi connectivity index (χ3n) is 3.67. The predicted octanol–water partition coefficient (Wildman–Crippen LogP) is 2.31. The van der Waals surface area contributed by atoms with Gasteiger partial charge in [-0.25, -0.2) is 22.4 Å². The number of carbonyl (C=O) groups is 1. The van der Waals surface area contributed by atoms with Crippen LogP contribution in [0.4, 0.5) is 17.6 Å². The topological polar surface area (TPSA) is 104 Å². The van der Waals surface area contributed by atoms with Gasteiger partial charge in [0.25, 0.3) is 6.43 Å². The van der Waals surface area contributed by atoms with Gasteiger partial charge in [0.1, 0.15) is 6.10 Å². The molecule has 0 aromatic heterocycles. The molecule has 0 saturated carbocycles. The molecule has 0 radical (unpaired) electrons. The highest BCUT2D eigenvalue weighted by molar-refractivity contribution is 5.80. The van der Waals surface area contributed by atoms with Gasteiger partial charge < -0.3 is 21.1 Å². The van der Waals surface area contributed by atoms with Crippen molar-refractivity contribution >= 4 is 5.97 Å². The van der Waals surface area contributed by atoms with Gasteiger partial charge in [-0.3, -0.25) is 0 Å². The smallest absolute Gasteiger partial charge is 0.332 e. The number of hydrogen-bond acceptors (Lipinski definition) is 4. The van der Waals surface area contributed by atoms with E-state index in [1.165, 1.54) is 6.08 Å². The van der Waals surface area contributed by atoms with Crippen LogP contribution in [0.15, 0.2) is 12.2 Å². The minimum Gasteiger partial charge on any atom is -0.480 e. The van der Waals surface area contributed by atoms with Crippen LogP contribution in [0.25, 0.3) is 0 Å². The molecule has 0 heterocycles. The molecule has 0 aromatic rings. The Hall–Kier alpha value is -1.19. The predicted molar refractivity (Wildman–Crippen MR) is 80.0 cm³/mol. The first kappa shape index (κ1) is 22.8. The van der Waals surface area contributed by atoms with Gasteiger partial charge in [0.05, 0.1) is 6.10 Å². The van der Waals surface area contributed by atoms with E-state index in [1.54, 1.807) is 6.08 Å². The molecule has 3 unspecified atom stereocenters. The molecule has 0 amide bonds. The Kier molecular flexibility index (Phi) is 10.8. The number of halogens is 4. The van der Waals surface area contributed by atoms with Crippen molar-refractivity contribution in [1.82, 2.24) is 0 Å². The SMILES string of the molecule is NC(C(=O)O)(C(F)F)C(O)C(O)CC=CCCCCCCC(F)F. The van der Waals surface area contributed by atoms with Crippen LogP contribution in [0, 0.1) is 0 Å². The summed E-state index contributed by atoms with van der Waals surface area (Å²) in [4.78, 5) is 10.8. The lowest BCUT2D eigenvalue weighted by atomic mass is 9.89. The van der Waals surface area contributed by atoms with Crippen molar-refractivity contribution in [3.63, 3.8) is 0 Å². The zero-order chi connectivity index (χ0) is 18.8. The van der Waals surface area contributed by atoms with Crippen LogP contribution < -0.4 is 5.73 Å². The summed E-state index contributed by atoms with van der Waals surface area (Å²) in [6.45, 7) is 0. The van der Waals surface area contributed by atoms with Gasteiger partial charge in [-0.05, 0) is 25.7 Å². The summed E-state index contributed by atoms with van der Waals surface area (Å²) in [6, 6.07) is 0. The van der Waals surface area contributed by atoms with E-state index in [9.17, 15) is 32.6 Å². The Labute approximate surface area is 138 Å². The summed E-state index contributed by atoms with van der Waals surface area (Å²) >= 11 is 0. The lowest BCUT2D eigenvalue weighted by Crippen LogP contribution is -2.65. The minimum atomic E-state index is -3.54. The lowest BCUT2D eigenvalue weighted by Gasteiger charge is -2.31. The van der Waals surface area contributed by atoms with Crippen molar-refractivity contribution < 1.29 is 37.7 Å². The van der Waals surface area contributed by atoms with Gasteiger partial charge in [-0.1, -0.05) is 25.0 Å². The Bertz CT molecular complexity index is 396. The van der Waals surface area contributed by atoms with Gasteiger partial charge in [0.2, 0.25) is 12.0 Å². The van der Waals surface area contributed by atoms with Gasteiger partial charge >= 0.3 is 5.97 Å². The van der Waals surface area contributed by atoms with Crippen LogP contribution in [-0.4, -0.2) is 51.9 Å². The number of carboxylic acid groups (broad SMARTS) is 1. The summed E-state index contributed by atoms with van der Waals surface area (Å²) in [7, 11) is 0. The van der Waals surface area contributed by atoms with E-state index in [-0.39, 0.29) is 12.8 Å². The number of aliphatic hydroxyl groups excluding tert-OH is 2. The summed E-state index contributed by atoms with van der Waals surface area (Å²) in [6.07, 6.45) is -3.94. The molecule has 0 aromatic carbocycles. The van der Waals surface area contributed by atoms with Gasteiger partial charge in [0.15, 0.2) is 0 Å². The Balaban J connectivity index is 4.11. The molecule has 5 nitrogen and oxygen atoms in total. The Morgan fingerprint density at radius 2 is 1.62 bits per heavy atom. The fraction of sp³-hybridized carbons (Fsp3) is 0.800. The van der Waals surface area contributed by atoms with Crippen molar-refractivity contribution in [3.8, 4) is 0 Å². The van der Waals surface area contributed by atoms with Crippen LogP contribution in [0.1, 0.15) is 44.9 Å². The van der Waals surface area contributed by atoms with Crippen LogP contribution in [0.3, 0.4) is 0 Å². The van der Waals surface area contributed by atoms with Gasteiger partial charge in [-0.2, -0.15) is 0 Å². The largest absolute Gasteiger partial charge is 0.480 e. The molecule has 9 heteroatoms. The molecule has 3 atom stereocenters.